The Morgan fingerprint density at radius 2 is 2.04 bits per heavy atom. The van der Waals surface area contributed by atoms with Crippen LogP contribution < -0.4 is 10.6 Å². The van der Waals surface area contributed by atoms with Crippen LogP contribution >= 0.6 is 24.0 Å². The Morgan fingerprint density at radius 3 is 2.52 bits per heavy atom. The first-order chi connectivity index (χ1) is 10.2. The summed E-state index contributed by atoms with van der Waals surface area (Å²) in [4.78, 5) is 18.0. The van der Waals surface area contributed by atoms with Gasteiger partial charge in [-0.05, 0) is 33.6 Å². The van der Waals surface area contributed by atoms with E-state index in [2.05, 4.69) is 15.6 Å². The molecule has 0 bridgehead atoms. The van der Waals surface area contributed by atoms with E-state index in [4.69, 9.17) is 9.84 Å². The largest absolute Gasteiger partial charge is 0.444 e. The number of guanidine groups is 1. The Labute approximate surface area is 156 Å². The van der Waals surface area contributed by atoms with E-state index in [0.29, 0.717) is 19.6 Å². The molecule has 23 heavy (non-hydrogen) atoms. The number of hydrogen-bond donors (Lipinski definition) is 3. The Bertz CT molecular complexity index is 393. The number of aliphatic hydroxyl groups excluding tert-OH is 1. The molecule has 7 nitrogen and oxygen atoms in total. The maximum absolute atomic E-state index is 11.9. The maximum atomic E-state index is 11.9. The molecule has 0 aromatic carbocycles. The van der Waals surface area contributed by atoms with Crippen molar-refractivity contribution in [1.29, 1.82) is 0 Å². The van der Waals surface area contributed by atoms with Crippen molar-refractivity contribution in [1.82, 2.24) is 15.5 Å². The summed E-state index contributed by atoms with van der Waals surface area (Å²) in [7, 11) is 0. The molecule has 1 aliphatic rings. The van der Waals surface area contributed by atoms with E-state index in [1.165, 1.54) is 0 Å². The Hall–Kier alpha value is -0.770. The summed E-state index contributed by atoms with van der Waals surface area (Å²) in [6, 6.07) is 0.176. The molecule has 0 aliphatic carbocycles. The minimum atomic E-state index is -0.466. The van der Waals surface area contributed by atoms with E-state index in [1.54, 1.807) is 4.90 Å². The lowest BCUT2D eigenvalue weighted by Gasteiger charge is -2.40. The van der Waals surface area contributed by atoms with Gasteiger partial charge >= 0.3 is 6.09 Å². The summed E-state index contributed by atoms with van der Waals surface area (Å²) in [5.41, 5.74) is -0.466. The minimum Gasteiger partial charge on any atom is -0.444 e. The Balaban J connectivity index is 0.00000484. The van der Waals surface area contributed by atoms with Crippen molar-refractivity contribution in [3.8, 4) is 0 Å². The highest BCUT2D eigenvalue weighted by atomic mass is 127. The highest BCUT2D eigenvalue weighted by Crippen LogP contribution is 2.15. The van der Waals surface area contributed by atoms with Gasteiger partial charge in [-0.1, -0.05) is 6.92 Å². The van der Waals surface area contributed by atoms with Crippen molar-refractivity contribution in [2.45, 2.75) is 46.3 Å². The van der Waals surface area contributed by atoms with Crippen LogP contribution in [0.5, 0.6) is 0 Å². The van der Waals surface area contributed by atoms with Crippen LogP contribution in [0.15, 0.2) is 4.99 Å². The van der Waals surface area contributed by atoms with Gasteiger partial charge in [0.25, 0.3) is 0 Å². The quantitative estimate of drug-likeness (QED) is 0.341. The average molecular weight is 442 g/mol. The van der Waals surface area contributed by atoms with E-state index >= 15 is 0 Å². The first kappa shape index (κ1) is 22.2. The molecular weight excluding hydrogens is 411 g/mol. The predicted molar refractivity (Wildman–Crippen MR) is 102 cm³/mol. The number of hydrogen-bond acceptors (Lipinski definition) is 4. The second-order valence-corrected chi connectivity index (χ2v) is 6.73. The van der Waals surface area contributed by atoms with Gasteiger partial charge in [0.1, 0.15) is 5.60 Å². The van der Waals surface area contributed by atoms with Gasteiger partial charge in [0.15, 0.2) is 5.96 Å². The second-order valence-electron chi connectivity index (χ2n) is 6.73. The molecular formula is C15H31IN4O3. The zero-order valence-corrected chi connectivity index (χ0v) is 17.1. The Morgan fingerprint density at radius 1 is 1.43 bits per heavy atom. The SMILES string of the molecule is CCNC(=NCC(C)CO)NC1CN(C(=O)OC(C)(C)C)C1.I. The van der Waals surface area contributed by atoms with Crippen molar-refractivity contribution in [2.24, 2.45) is 10.9 Å². The number of halogens is 1. The first-order valence-corrected chi connectivity index (χ1v) is 7.88. The monoisotopic (exact) mass is 442 g/mol. The molecule has 136 valence electrons. The van der Waals surface area contributed by atoms with Crippen LogP contribution in [0.25, 0.3) is 0 Å². The van der Waals surface area contributed by atoms with Gasteiger partial charge in [0.05, 0.1) is 6.04 Å². The average Bonchev–Trinajstić information content (AvgIpc) is 2.36. The molecule has 1 unspecified atom stereocenters. The van der Waals surface area contributed by atoms with E-state index in [-0.39, 0.29) is 48.6 Å². The molecule has 1 fully saturated rings. The van der Waals surface area contributed by atoms with Crippen molar-refractivity contribution < 1.29 is 14.6 Å². The van der Waals surface area contributed by atoms with Gasteiger partial charge in [-0.15, -0.1) is 24.0 Å². The van der Waals surface area contributed by atoms with E-state index < -0.39 is 5.60 Å². The van der Waals surface area contributed by atoms with Gasteiger partial charge in [0.2, 0.25) is 0 Å². The van der Waals surface area contributed by atoms with Crippen LogP contribution in [0.2, 0.25) is 0 Å². The number of aliphatic hydroxyl groups is 1. The molecule has 1 saturated heterocycles. The smallest absolute Gasteiger partial charge is 0.410 e. The fourth-order valence-electron chi connectivity index (χ4n) is 1.86. The number of amides is 1. The number of rotatable bonds is 5. The topological polar surface area (TPSA) is 86.2 Å². The number of nitrogens with zero attached hydrogens (tertiary/aromatic N) is 2. The fourth-order valence-corrected chi connectivity index (χ4v) is 1.86. The standard InChI is InChI=1S/C15H30N4O3.HI/c1-6-16-13(17-7-11(2)10-20)18-12-8-19(9-12)14(21)22-15(3,4)5;/h11-12,20H,6-10H2,1-5H3,(H2,16,17,18);1H. The van der Waals surface area contributed by atoms with Crippen LogP contribution in [-0.4, -0.2) is 66.5 Å². The van der Waals surface area contributed by atoms with Crippen molar-refractivity contribution in [2.75, 3.05) is 32.8 Å². The predicted octanol–water partition coefficient (Wildman–Crippen LogP) is 1.41. The zero-order valence-electron chi connectivity index (χ0n) is 14.8. The molecule has 0 spiro atoms. The summed E-state index contributed by atoms with van der Waals surface area (Å²) in [6.07, 6.45) is -0.276. The lowest BCUT2D eigenvalue weighted by Crippen LogP contribution is -2.63. The molecule has 0 saturated carbocycles. The summed E-state index contributed by atoms with van der Waals surface area (Å²) in [6.45, 7) is 12.2. The van der Waals surface area contributed by atoms with Crippen molar-refractivity contribution >= 4 is 36.0 Å². The van der Waals surface area contributed by atoms with E-state index in [9.17, 15) is 4.79 Å². The van der Waals surface area contributed by atoms with Gasteiger partial charge in [0, 0.05) is 32.8 Å². The van der Waals surface area contributed by atoms with Crippen LogP contribution in [0, 0.1) is 5.92 Å². The van der Waals surface area contributed by atoms with Crippen LogP contribution in [0.4, 0.5) is 4.79 Å². The number of aliphatic imine (C=N–C) groups is 1. The number of carbonyl (C=O) groups is 1. The summed E-state index contributed by atoms with van der Waals surface area (Å²) >= 11 is 0. The van der Waals surface area contributed by atoms with Crippen LogP contribution in [0.1, 0.15) is 34.6 Å². The molecule has 0 aromatic heterocycles. The molecule has 1 amide bonds. The third kappa shape index (κ3) is 8.59. The van der Waals surface area contributed by atoms with E-state index in [1.807, 2.05) is 34.6 Å². The molecule has 1 aliphatic heterocycles. The summed E-state index contributed by atoms with van der Waals surface area (Å²) < 4.78 is 5.32. The lowest BCUT2D eigenvalue weighted by atomic mass is 10.1. The van der Waals surface area contributed by atoms with Crippen LogP contribution in [0.3, 0.4) is 0 Å². The normalized spacial score (nSPS) is 17.0. The molecule has 0 aromatic rings. The number of nitrogens with one attached hydrogen (secondary N) is 2. The molecule has 1 heterocycles. The molecule has 3 N–H and O–H groups in total. The number of carbonyl (C=O) groups excluding carboxylic acids is 1. The maximum Gasteiger partial charge on any atom is 0.410 e. The first-order valence-electron chi connectivity index (χ1n) is 7.88. The fraction of sp³-hybridized carbons (Fsp3) is 0.867. The number of likely N-dealkylation sites (tertiary alicyclic amines) is 1. The minimum absolute atomic E-state index is 0. The molecule has 8 heteroatoms. The van der Waals surface area contributed by atoms with Crippen molar-refractivity contribution in [3.63, 3.8) is 0 Å². The van der Waals surface area contributed by atoms with Crippen molar-refractivity contribution in [3.05, 3.63) is 0 Å². The lowest BCUT2D eigenvalue weighted by molar-refractivity contribution is 0.00700. The number of ether oxygens (including phenoxy) is 1. The van der Waals surface area contributed by atoms with E-state index in [0.717, 1.165) is 12.5 Å². The summed E-state index contributed by atoms with van der Waals surface area (Å²) in [5.74, 6) is 0.853. The van der Waals surface area contributed by atoms with Crippen LogP contribution in [-0.2, 0) is 4.74 Å². The Kier molecular flexibility index (Phi) is 9.83. The highest BCUT2D eigenvalue weighted by Gasteiger charge is 2.34. The van der Waals surface area contributed by atoms with Gasteiger partial charge < -0.3 is 25.4 Å². The second kappa shape index (κ2) is 10.2. The zero-order chi connectivity index (χ0) is 16.8. The molecule has 1 atom stereocenters. The highest BCUT2D eigenvalue weighted by molar-refractivity contribution is 14.0. The van der Waals surface area contributed by atoms with Gasteiger partial charge in [-0.25, -0.2) is 4.79 Å². The molecule has 1 rings (SSSR count). The van der Waals surface area contributed by atoms with Gasteiger partial charge in [-0.2, -0.15) is 0 Å². The third-order valence-corrected chi connectivity index (χ3v) is 3.09. The van der Waals surface area contributed by atoms with Gasteiger partial charge in [-0.3, -0.25) is 4.99 Å². The third-order valence-electron chi connectivity index (χ3n) is 3.09. The molecule has 0 radical (unpaired) electrons. The summed E-state index contributed by atoms with van der Waals surface area (Å²) in [5, 5.41) is 15.5.